The van der Waals surface area contributed by atoms with E-state index in [1.54, 1.807) is 36.5 Å². The highest BCUT2D eigenvalue weighted by Crippen LogP contribution is 2.19. The Labute approximate surface area is 117 Å². The standard InChI is InChI=1S/C13H14N2O2S2/c1-15(2)13(11-7-4-3-5-8-11)14-19(16,17)12-9-6-10-18-12/h3-10H,1-2H3/b14-13+. The fraction of sp³-hybridized carbons (Fsp3) is 0.154. The fourth-order valence-corrected chi connectivity index (χ4v) is 3.60. The molecule has 0 atom stereocenters. The molecule has 0 amide bonds. The van der Waals surface area contributed by atoms with Gasteiger partial charge in [-0.3, -0.25) is 0 Å². The van der Waals surface area contributed by atoms with Crippen LogP contribution in [0.15, 0.2) is 56.5 Å². The van der Waals surface area contributed by atoms with E-state index in [1.807, 2.05) is 30.3 Å². The highest BCUT2D eigenvalue weighted by atomic mass is 32.2. The second kappa shape index (κ2) is 5.54. The highest BCUT2D eigenvalue weighted by Gasteiger charge is 2.17. The Bertz CT molecular complexity index is 660. The number of thiophene rings is 1. The van der Waals surface area contributed by atoms with E-state index in [9.17, 15) is 8.42 Å². The minimum Gasteiger partial charge on any atom is -0.362 e. The van der Waals surface area contributed by atoms with E-state index in [2.05, 4.69) is 4.40 Å². The maximum absolute atomic E-state index is 12.2. The van der Waals surface area contributed by atoms with Crippen molar-refractivity contribution in [2.24, 2.45) is 4.40 Å². The molecule has 0 saturated heterocycles. The highest BCUT2D eigenvalue weighted by molar-refractivity contribution is 7.92. The van der Waals surface area contributed by atoms with Crippen LogP contribution in [0.2, 0.25) is 0 Å². The van der Waals surface area contributed by atoms with Crippen molar-refractivity contribution in [1.82, 2.24) is 4.90 Å². The molecule has 0 spiro atoms. The maximum Gasteiger partial charge on any atom is 0.293 e. The number of rotatable bonds is 3. The number of sulfonamides is 1. The van der Waals surface area contributed by atoms with E-state index in [1.165, 1.54) is 11.3 Å². The maximum atomic E-state index is 12.2. The number of benzene rings is 1. The Morgan fingerprint density at radius 2 is 1.79 bits per heavy atom. The smallest absolute Gasteiger partial charge is 0.293 e. The van der Waals surface area contributed by atoms with E-state index in [0.29, 0.717) is 5.84 Å². The van der Waals surface area contributed by atoms with Crippen LogP contribution in [-0.4, -0.2) is 33.2 Å². The molecule has 2 rings (SSSR count). The van der Waals surface area contributed by atoms with Gasteiger partial charge >= 0.3 is 0 Å². The molecule has 0 unspecified atom stereocenters. The first kappa shape index (κ1) is 13.8. The number of hydrogen-bond acceptors (Lipinski definition) is 3. The molecule has 0 bridgehead atoms. The van der Waals surface area contributed by atoms with Gasteiger partial charge in [0.05, 0.1) is 0 Å². The number of nitrogens with zero attached hydrogens (tertiary/aromatic N) is 2. The van der Waals surface area contributed by atoms with Crippen molar-refractivity contribution in [3.63, 3.8) is 0 Å². The molecule has 4 nitrogen and oxygen atoms in total. The van der Waals surface area contributed by atoms with Crippen molar-refractivity contribution >= 4 is 27.2 Å². The van der Waals surface area contributed by atoms with Crippen LogP contribution in [0.5, 0.6) is 0 Å². The molecule has 0 radical (unpaired) electrons. The van der Waals surface area contributed by atoms with E-state index < -0.39 is 10.0 Å². The van der Waals surface area contributed by atoms with Gasteiger partial charge in [-0.05, 0) is 11.4 Å². The Kier molecular flexibility index (Phi) is 4.01. The summed E-state index contributed by atoms with van der Waals surface area (Å²) in [4.78, 5) is 1.69. The first-order valence-corrected chi connectivity index (χ1v) is 7.94. The average molecular weight is 294 g/mol. The van der Waals surface area contributed by atoms with Gasteiger partial charge in [0.25, 0.3) is 10.0 Å². The van der Waals surface area contributed by atoms with E-state index in [4.69, 9.17) is 0 Å². The van der Waals surface area contributed by atoms with Crippen molar-refractivity contribution in [1.29, 1.82) is 0 Å². The Balaban J connectivity index is 2.49. The van der Waals surface area contributed by atoms with Crippen molar-refractivity contribution in [2.45, 2.75) is 4.21 Å². The van der Waals surface area contributed by atoms with Crippen molar-refractivity contribution in [3.8, 4) is 0 Å². The summed E-state index contributed by atoms with van der Waals surface area (Å²) < 4.78 is 28.6. The molecular weight excluding hydrogens is 280 g/mol. The lowest BCUT2D eigenvalue weighted by atomic mass is 10.2. The number of hydrogen-bond donors (Lipinski definition) is 0. The molecule has 1 heterocycles. The van der Waals surface area contributed by atoms with Gasteiger partial charge < -0.3 is 4.90 Å². The molecule has 0 aliphatic rings. The monoisotopic (exact) mass is 294 g/mol. The quantitative estimate of drug-likeness (QED) is 0.645. The lowest BCUT2D eigenvalue weighted by Gasteiger charge is -2.15. The van der Waals surface area contributed by atoms with Crippen LogP contribution in [0.3, 0.4) is 0 Å². The summed E-state index contributed by atoms with van der Waals surface area (Å²) >= 11 is 1.17. The predicted molar refractivity (Wildman–Crippen MR) is 78.2 cm³/mol. The molecule has 1 aromatic heterocycles. The van der Waals surface area contributed by atoms with Gasteiger partial charge in [0.1, 0.15) is 10.0 Å². The Morgan fingerprint density at radius 1 is 1.11 bits per heavy atom. The Morgan fingerprint density at radius 3 is 2.32 bits per heavy atom. The van der Waals surface area contributed by atoms with Gasteiger partial charge in [0.2, 0.25) is 0 Å². The molecule has 0 saturated carbocycles. The molecule has 0 aliphatic carbocycles. The second-order valence-electron chi connectivity index (χ2n) is 4.08. The minimum atomic E-state index is -3.64. The zero-order valence-corrected chi connectivity index (χ0v) is 12.3. The largest absolute Gasteiger partial charge is 0.362 e. The minimum absolute atomic E-state index is 0.253. The summed E-state index contributed by atoms with van der Waals surface area (Å²) in [6, 6.07) is 12.5. The average Bonchev–Trinajstić information content (AvgIpc) is 2.91. The predicted octanol–water partition coefficient (Wildman–Crippen LogP) is 2.45. The van der Waals surface area contributed by atoms with Gasteiger partial charge in [-0.2, -0.15) is 8.42 Å². The van der Waals surface area contributed by atoms with Gasteiger partial charge in [-0.25, -0.2) is 0 Å². The molecule has 2 aromatic rings. The summed E-state index contributed by atoms with van der Waals surface area (Å²) in [6.45, 7) is 0. The summed E-state index contributed by atoms with van der Waals surface area (Å²) in [5.41, 5.74) is 0.771. The topological polar surface area (TPSA) is 49.7 Å². The summed E-state index contributed by atoms with van der Waals surface area (Å²) in [5.74, 6) is 0.425. The van der Waals surface area contributed by atoms with Crippen LogP contribution in [-0.2, 0) is 10.0 Å². The molecular formula is C13H14N2O2S2. The third kappa shape index (κ3) is 3.21. The zero-order chi connectivity index (χ0) is 13.9. The van der Waals surface area contributed by atoms with Gasteiger partial charge in [0, 0.05) is 19.7 Å². The lowest BCUT2D eigenvalue weighted by molar-refractivity contribution is 0.593. The SMILES string of the molecule is CN(C)/C(=N/S(=O)(=O)c1cccs1)c1ccccc1. The third-order valence-corrected chi connectivity index (χ3v) is 5.05. The normalized spacial score (nSPS) is 12.4. The van der Waals surface area contributed by atoms with Crippen LogP contribution in [0.25, 0.3) is 0 Å². The zero-order valence-electron chi connectivity index (χ0n) is 10.6. The second-order valence-corrected chi connectivity index (χ2v) is 6.86. The van der Waals surface area contributed by atoms with E-state index in [-0.39, 0.29) is 4.21 Å². The number of amidine groups is 1. The summed E-state index contributed by atoms with van der Waals surface area (Å²) in [5, 5.41) is 1.72. The summed E-state index contributed by atoms with van der Waals surface area (Å²) in [7, 11) is -0.0973. The van der Waals surface area contributed by atoms with E-state index in [0.717, 1.165) is 5.56 Å². The van der Waals surface area contributed by atoms with Gasteiger partial charge in [-0.1, -0.05) is 36.4 Å². The van der Waals surface area contributed by atoms with Gasteiger partial charge in [0.15, 0.2) is 0 Å². The van der Waals surface area contributed by atoms with Crippen molar-refractivity contribution in [3.05, 3.63) is 53.4 Å². The molecule has 0 N–H and O–H groups in total. The fourth-order valence-electron chi connectivity index (χ4n) is 1.55. The van der Waals surface area contributed by atoms with Gasteiger partial charge in [-0.15, -0.1) is 15.7 Å². The summed E-state index contributed by atoms with van der Waals surface area (Å²) in [6.07, 6.45) is 0. The third-order valence-electron chi connectivity index (χ3n) is 2.41. The lowest BCUT2D eigenvalue weighted by Crippen LogP contribution is -2.24. The molecule has 100 valence electrons. The molecule has 0 fully saturated rings. The van der Waals surface area contributed by atoms with Crippen LogP contribution < -0.4 is 0 Å². The Hall–Kier alpha value is -1.66. The molecule has 1 aromatic carbocycles. The van der Waals surface area contributed by atoms with Crippen LogP contribution in [0.1, 0.15) is 5.56 Å². The first-order chi connectivity index (χ1) is 9.00. The van der Waals surface area contributed by atoms with Crippen molar-refractivity contribution < 1.29 is 8.42 Å². The van der Waals surface area contributed by atoms with Crippen molar-refractivity contribution in [2.75, 3.05) is 14.1 Å². The van der Waals surface area contributed by atoms with Crippen LogP contribution >= 0.6 is 11.3 Å². The van der Waals surface area contributed by atoms with Crippen LogP contribution in [0.4, 0.5) is 0 Å². The molecule has 6 heteroatoms. The molecule has 19 heavy (non-hydrogen) atoms. The van der Waals surface area contributed by atoms with Crippen LogP contribution in [0, 0.1) is 0 Å². The first-order valence-electron chi connectivity index (χ1n) is 5.62. The molecule has 0 aliphatic heterocycles. The van der Waals surface area contributed by atoms with E-state index >= 15 is 0 Å².